The lowest BCUT2D eigenvalue weighted by Gasteiger charge is -2.56. The lowest BCUT2D eigenvalue weighted by atomic mass is 9.54. The van der Waals surface area contributed by atoms with Crippen molar-refractivity contribution in [2.45, 2.75) is 44.2 Å². The van der Waals surface area contributed by atoms with Crippen LogP contribution in [0.15, 0.2) is 36.7 Å². The molecule has 25 heavy (non-hydrogen) atoms. The minimum absolute atomic E-state index is 0.0381. The van der Waals surface area contributed by atoms with Crippen molar-refractivity contribution >= 4 is 22.5 Å². The van der Waals surface area contributed by atoms with Gasteiger partial charge in [-0.3, -0.25) is 9.88 Å². The molecule has 0 radical (unpaired) electrons. The van der Waals surface area contributed by atoms with Gasteiger partial charge in [0, 0.05) is 23.0 Å². The molecule has 126 valence electrons. The second-order valence-electron chi connectivity index (χ2n) is 7.75. The molecule has 2 aromatic rings. The molecule has 1 atom stereocenters. The van der Waals surface area contributed by atoms with Gasteiger partial charge in [0.25, 0.3) is 0 Å². The van der Waals surface area contributed by atoms with Crippen LogP contribution in [0.1, 0.15) is 32.1 Å². The normalized spacial score (nSPS) is 25.1. The molecule has 2 heterocycles. The predicted molar refractivity (Wildman–Crippen MR) is 95.0 cm³/mol. The number of carbonyl (C=O) groups excluding carboxylic acids is 1. The maximum absolute atomic E-state index is 13.1. The van der Waals surface area contributed by atoms with E-state index in [0.29, 0.717) is 18.0 Å². The number of nitrogens with zero attached hydrogens (tertiary/aromatic N) is 4. The topological polar surface area (TPSA) is 60.2 Å². The van der Waals surface area contributed by atoms with Crippen LogP contribution in [0.3, 0.4) is 0 Å². The Balaban J connectivity index is 1.48. The van der Waals surface area contributed by atoms with Crippen LogP contribution in [0, 0.1) is 16.7 Å². The van der Waals surface area contributed by atoms with Crippen molar-refractivity contribution in [2.75, 3.05) is 11.4 Å². The standard InChI is InChI=1S/C20H20N4O/c21-10-16-13-23(15-8-20(9-15)6-3-7-20)19(25)24(16)18-12-22-11-14-4-1-2-5-17(14)18/h1-2,4-5,11-12,15-16H,3,6-9,13H2/t16-/m0/s1. The molecule has 1 aromatic carbocycles. The third kappa shape index (κ3) is 2.07. The fraction of sp³-hybridized carbons (Fsp3) is 0.450. The van der Waals surface area contributed by atoms with E-state index < -0.39 is 6.04 Å². The number of nitriles is 1. The number of rotatable bonds is 2. The molecular weight excluding hydrogens is 312 g/mol. The van der Waals surface area contributed by atoms with Crippen molar-refractivity contribution in [3.05, 3.63) is 36.7 Å². The molecule has 3 fully saturated rings. The number of hydrogen-bond acceptors (Lipinski definition) is 3. The van der Waals surface area contributed by atoms with E-state index in [1.165, 1.54) is 19.3 Å². The molecule has 1 saturated heterocycles. The monoisotopic (exact) mass is 332 g/mol. The maximum Gasteiger partial charge on any atom is 0.326 e. The number of amides is 2. The SMILES string of the molecule is N#C[C@H]1CN(C2CC3(CCC3)C2)C(=O)N1c1cncc2ccccc12. The molecule has 3 aliphatic rings. The Morgan fingerprint density at radius 3 is 2.72 bits per heavy atom. The van der Waals surface area contributed by atoms with Crippen molar-refractivity contribution < 1.29 is 4.79 Å². The summed E-state index contributed by atoms with van der Waals surface area (Å²) >= 11 is 0. The van der Waals surface area contributed by atoms with E-state index in [1.54, 1.807) is 17.3 Å². The largest absolute Gasteiger partial charge is 0.326 e. The summed E-state index contributed by atoms with van der Waals surface area (Å²) in [5.74, 6) is 0. The molecule has 0 N–H and O–H groups in total. The molecule has 2 saturated carbocycles. The van der Waals surface area contributed by atoms with E-state index in [4.69, 9.17) is 0 Å². The summed E-state index contributed by atoms with van der Waals surface area (Å²) in [7, 11) is 0. The zero-order valence-electron chi connectivity index (χ0n) is 14.1. The molecule has 5 rings (SSSR count). The van der Waals surface area contributed by atoms with E-state index >= 15 is 0 Å². The van der Waals surface area contributed by atoms with Gasteiger partial charge in [0.05, 0.1) is 24.5 Å². The van der Waals surface area contributed by atoms with Gasteiger partial charge in [-0.25, -0.2) is 4.79 Å². The van der Waals surface area contributed by atoms with E-state index in [1.807, 2.05) is 29.2 Å². The lowest BCUT2D eigenvalue weighted by Crippen LogP contribution is -2.54. The highest BCUT2D eigenvalue weighted by Gasteiger charge is 2.54. The molecule has 2 aliphatic carbocycles. The summed E-state index contributed by atoms with van der Waals surface area (Å²) in [6.45, 7) is 0.499. The highest BCUT2D eigenvalue weighted by Crippen LogP contribution is 2.57. The fourth-order valence-electron chi connectivity index (χ4n) is 4.83. The number of aromatic nitrogens is 1. The molecule has 5 heteroatoms. The van der Waals surface area contributed by atoms with Gasteiger partial charge in [0.2, 0.25) is 0 Å². The average molecular weight is 332 g/mol. The fourth-order valence-corrected chi connectivity index (χ4v) is 4.83. The third-order valence-electron chi connectivity index (χ3n) is 6.38. The molecule has 0 bridgehead atoms. The van der Waals surface area contributed by atoms with Crippen molar-refractivity contribution in [3.8, 4) is 6.07 Å². The number of benzene rings is 1. The van der Waals surface area contributed by atoms with Gasteiger partial charge < -0.3 is 4.90 Å². The summed E-state index contributed by atoms with van der Waals surface area (Å²) in [4.78, 5) is 21.0. The summed E-state index contributed by atoms with van der Waals surface area (Å²) in [5.41, 5.74) is 1.26. The first-order valence-corrected chi connectivity index (χ1v) is 9.03. The molecule has 5 nitrogen and oxygen atoms in total. The quantitative estimate of drug-likeness (QED) is 0.842. The van der Waals surface area contributed by atoms with Crippen LogP contribution in [0.2, 0.25) is 0 Å². The Morgan fingerprint density at radius 2 is 2.00 bits per heavy atom. The molecule has 1 aliphatic heterocycles. The van der Waals surface area contributed by atoms with E-state index in [-0.39, 0.29) is 6.03 Å². The van der Waals surface area contributed by atoms with Crippen molar-refractivity contribution in [2.24, 2.45) is 5.41 Å². The highest BCUT2D eigenvalue weighted by atomic mass is 16.2. The minimum atomic E-state index is -0.446. The lowest BCUT2D eigenvalue weighted by molar-refractivity contribution is -0.0355. The Kier molecular flexibility index (Phi) is 3.05. The maximum atomic E-state index is 13.1. The van der Waals surface area contributed by atoms with Gasteiger partial charge in [-0.05, 0) is 31.1 Å². The van der Waals surface area contributed by atoms with Gasteiger partial charge >= 0.3 is 6.03 Å². The Bertz CT molecular complexity index is 885. The van der Waals surface area contributed by atoms with Crippen LogP contribution in [0.25, 0.3) is 10.8 Å². The zero-order chi connectivity index (χ0) is 17.0. The van der Waals surface area contributed by atoms with E-state index in [9.17, 15) is 10.1 Å². The summed E-state index contributed by atoms with van der Waals surface area (Å²) < 4.78 is 0. The first-order valence-electron chi connectivity index (χ1n) is 9.03. The summed E-state index contributed by atoms with van der Waals surface area (Å²) in [5, 5.41) is 11.6. The molecule has 1 spiro atoms. The first-order chi connectivity index (χ1) is 12.2. The van der Waals surface area contributed by atoms with Crippen LogP contribution in [0.4, 0.5) is 10.5 Å². The van der Waals surface area contributed by atoms with Gasteiger partial charge in [-0.2, -0.15) is 5.26 Å². The van der Waals surface area contributed by atoms with Gasteiger partial charge in [0.15, 0.2) is 0 Å². The number of anilines is 1. The van der Waals surface area contributed by atoms with Crippen molar-refractivity contribution in [1.82, 2.24) is 9.88 Å². The number of carbonyl (C=O) groups is 1. The smallest absolute Gasteiger partial charge is 0.318 e. The molecular formula is C20H20N4O. The zero-order valence-corrected chi connectivity index (χ0v) is 14.1. The predicted octanol–water partition coefficient (Wildman–Crippen LogP) is 3.70. The van der Waals surface area contributed by atoms with Crippen molar-refractivity contribution in [1.29, 1.82) is 5.26 Å². The van der Waals surface area contributed by atoms with Gasteiger partial charge in [-0.1, -0.05) is 30.7 Å². The first kappa shape index (κ1) is 14.7. The second kappa shape index (κ2) is 5.19. The Labute approximate surface area is 146 Å². The third-order valence-corrected chi connectivity index (χ3v) is 6.38. The van der Waals surface area contributed by atoms with E-state index in [0.717, 1.165) is 29.3 Å². The molecule has 2 amide bonds. The number of pyridine rings is 1. The van der Waals surface area contributed by atoms with Gasteiger partial charge in [-0.15, -0.1) is 0 Å². The van der Waals surface area contributed by atoms with Crippen LogP contribution < -0.4 is 4.90 Å². The van der Waals surface area contributed by atoms with E-state index in [2.05, 4.69) is 11.1 Å². The van der Waals surface area contributed by atoms with Crippen molar-refractivity contribution in [3.63, 3.8) is 0 Å². The molecule has 0 unspecified atom stereocenters. The second-order valence-corrected chi connectivity index (χ2v) is 7.75. The minimum Gasteiger partial charge on any atom is -0.318 e. The summed E-state index contributed by atoms with van der Waals surface area (Å²) in [6.07, 6.45) is 9.67. The Hall–Kier alpha value is -2.61. The van der Waals surface area contributed by atoms with Crippen LogP contribution >= 0.6 is 0 Å². The average Bonchev–Trinajstić information content (AvgIpc) is 2.88. The number of fused-ring (bicyclic) bond motifs is 1. The van der Waals surface area contributed by atoms with Crippen LogP contribution in [-0.4, -0.2) is 34.5 Å². The number of urea groups is 1. The van der Waals surface area contributed by atoms with Gasteiger partial charge in [0.1, 0.15) is 6.04 Å². The highest BCUT2D eigenvalue weighted by molar-refractivity contribution is 6.04. The van der Waals surface area contributed by atoms with Crippen LogP contribution in [-0.2, 0) is 0 Å². The molecule has 1 aromatic heterocycles. The number of hydrogen-bond donors (Lipinski definition) is 0. The Morgan fingerprint density at radius 1 is 1.20 bits per heavy atom. The summed E-state index contributed by atoms with van der Waals surface area (Å²) in [6, 6.07) is 10.0. The van der Waals surface area contributed by atoms with Crippen LogP contribution in [0.5, 0.6) is 0 Å².